The Hall–Kier alpha value is -1.86. The van der Waals surface area contributed by atoms with E-state index in [4.69, 9.17) is 11.6 Å². The summed E-state index contributed by atoms with van der Waals surface area (Å²) >= 11 is 6.36. The maximum atomic E-state index is 11.6. The van der Waals surface area contributed by atoms with Crippen LogP contribution in [-0.4, -0.2) is 5.78 Å². The summed E-state index contributed by atoms with van der Waals surface area (Å²) in [6, 6.07) is 10.5. The van der Waals surface area contributed by atoms with Crippen molar-refractivity contribution in [2.45, 2.75) is 32.6 Å². The second-order valence-electron chi connectivity index (χ2n) is 6.15. The Labute approximate surface area is 135 Å². The molecule has 0 N–H and O–H groups in total. The molecule has 0 bridgehead atoms. The van der Waals surface area contributed by atoms with Gasteiger partial charge in [0.15, 0.2) is 5.78 Å². The third kappa shape index (κ3) is 2.04. The van der Waals surface area contributed by atoms with E-state index in [1.54, 1.807) is 6.92 Å². The van der Waals surface area contributed by atoms with E-state index in [1.165, 1.54) is 33.4 Å². The zero-order valence-corrected chi connectivity index (χ0v) is 13.3. The fraction of sp³-hybridized carbons (Fsp3) is 0.250. The highest BCUT2D eigenvalue weighted by atomic mass is 35.5. The Morgan fingerprint density at radius 2 is 1.64 bits per heavy atom. The van der Waals surface area contributed by atoms with Crippen molar-refractivity contribution in [2.75, 3.05) is 0 Å². The van der Waals surface area contributed by atoms with Crippen molar-refractivity contribution < 1.29 is 4.79 Å². The van der Waals surface area contributed by atoms with Gasteiger partial charge in [0, 0.05) is 5.02 Å². The average molecular weight is 309 g/mol. The summed E-state index contributed by atoms with van der Waals surface area (Å²) in [5.41, 5.74) is 8.92. The third-order valence-electron chi connectivity index (χ3n) is 4.93. The van der Waals surface area contributed by atoms with Gasteiger partial charge in [-0.3, -0.25) is 4.79 Å². The summed E-state index contributed by atoms with van der Waals surface area (Å²) in [5.74, 6) is 0.195. The Kier molecular flexibility index (Phi) is 3.19. The van der Waals surface area contributed by atoms with Gasteiger partial charge < -0.3 is 0 Å². The largest absolute Gasteiger partial charge is 0.295 e. The number of ketones is 1. The van der Waals surface area contributed by atoms with Gasteiger partial charge >= 0.3 is 0 Å². The summed E-state index contributed by atoms with van der Waals surface area (Å²) < 4.78 is 0. The summed E-state index contributed by atoms with van der Waals surface area (Å²) in [5, 5.41) is 0.875. The first-order valence-corrected chi connectivity index (χ1v) is 8.17. The van der Waals surface area contributed by atoms with Crippen LogP contribution in [0.4, 0.5) is 0 Å². The summed E-state index contributed by atoms with van der Waals surface area (Å²) in [6.45, 7) is 1.66. The van der Waals surface area contributed by atoms with Gasteiger partial charge in [-0.15, -0.1) is 0 Å². The number of carbonyl (C=O) groups is 1. The van der Waals surface area contributed by atoms with E-state index in [2.05, 4.69) is 24.3 Å². The minimum atomic E-state index is 0.195. The SMILES string of the molecule is CC(=O)C1=Cc2ccc3c(c2CC1)CCc1c(Cl)cccc1-3. The lowest BCUT2D eigenvalue weighted by Crippen LogP contribution is -2.12. The number of carbonyl (C=O) groups excluding carboxylic acids is 1. The van der Waals surface area contributed by atoms with Crippen molar-refractivity contribution in [2.24, 2.45) is 0 Å². The first-order chi connectivity index (χ1) is 10.6. The third-order valence-corrected chi connectivity index (χ3v) is 5.28. The van der Waals surface area contributed by atoms with Crippen LogP contribution in [0.2, 0.25) is 5.02 Å². The van der Waals surface area contributed by atoms with Crippen LogP contribution in [0.3, 0.4) is 0 Å². The Bertz CT molecular complexity index is 830. The van der Waals surface area contributed by atoms with E-state index in [9.17, 15) is 4.79 Å². The molecule has 2 heteroatoms. The van der Waals surface area contributed by atoms with Crippen molar-refractivity contribution in [1.82, 2.24) is 0 Å². The van der Waals surface area contributed by atoms with Gasteiger partial charge in [-0.25, -0.2) is 0 Å². The fourth-order valence-corrected chi connectivity index (χ4v) is 4.06. The lowest BCUT2D eigenvalue weighted by Gasteiger charge is -2.26. The average Bonchev–Trinajstić information content (AvgIpc) is 2.54. The van der Waals surface area contributed by atoms with Crippen LogP contribution in [0.15, 0.2) is 35.9 Å². The van der Waals surface area contributed by atoms with E-state index in [0.29, 0.717) is 0 Å². The monoisotopic (exact) mass is 308 g/mol. The number of allylic oxidation sites excluding steroid dienone is 1. The number of hydrogen-bond acceptors (Lipinski definition) is 1. The molecular weight excluding hydrogens is 292 g/mol. The second-order valence-corrected chi connectivity index (χ2v) is 6.56. The predicted molar refractivity (Wildman–Crippen MR) is 91.3 cm³/mol. The molecule has 0 saturated carbocycles. The maximum absolute atomic E-state index is 11.6. The molecule has 0 heterocycles. The molecule has 2 aliphatic rings. The number of rotatable bonds is 1. The summed E-state index contributed by atoms with van der Waals surface area (Å²) in [6.07, 6.45) is 5.95. The van der Waals surface area contributed by atoms with Crippen molar-refractivity contribution in [1.29, 1.82) is 0 Å². The maximum Gasteiger partial charge on any atom is 0.155 e. The fourth-order valence-electron chi connectivity index (χ4n) is 3.79. The van der Waals surface area contributed by atoms with Gasteiger partial charge in [-0.1, -0.05) is 35.9 Å². The standard InChI is InChI=1S/C20H17ClO/c1-12(22)13-5-7-15-14(11-13)6-8-18-16-3-2-4-20(21)19(16)10-9-17(15)18/h2-4,6,8,11H,5,7,9-10H2,1H3. The van der Waals surface area contributed by atoms with Crippen molar-refractivity contribution >= 4 is 23.5 Å². The zero-order chi connectivity index (χ0) is 15.3. The number of hydrogen-bond donors (Lipinski definition) is 0. The van der Waals surface area contributed by atoms with Gasteiger partial charge in [-0.05, 0) is 83.7 Å². The second kappa shape index (κ2) is 5.10. The molecule has 0 aliphatic heterocycles. The Balaban J connectivity index is 1.90. The topological polar surface area (TPSA) is 17.1 Å². The van der Waals surface area contributed by atoms with Gasteiger partial charge in [-0.2, -0.15) is 0 Å². The molecule has 1 nitrogen and oxygen atoms in total. The number of benzene rings is 2. The smallest absolute Gasteiger partial charge is 0.155 e. The van der Waals surface area contributed by atoms with Crippen LogP contribution in [-0.2, 0) is 24.1 Å². The van der Waals surface area contributed by atoms with E-state index in [-0.39, 0.29) is 5.78 Å². The van der Waals surface area contributed by atoms with Crippen molar-refractivity contribution in [3.05, 3.63) is 63.2 Å². The van der Waals surface area contributed by atoms with Crippen LogP contribution in [0, 0.1) is 0 Å². The zero-order valence-electron chi connectivity index (χ0n) is 12.6. The van der Waals surface area contributed by atoms with Crippen LogP contribution in [0.25, 0.3) is 17.2 Å². The molecule has 0 fully saturated rings. The lowest BCUT2D eigenvalue weighted by atomic mass is 9.78. The van der Waals surface area contributed by atoms with Crippen LogP contribution < -0.4 is 0 Å². The van der Waals surface area contributed by atoms with Crippen molar-refractivity contribution in [3.8, 4) is 11.1 Å². The minimum absolute atomic E-state index is 0.195. The molecule has 0 atom stereocenters. The molecule has 0 amide bonds. The molecule has 0 saturated heterocycles. The van der Waals surface area contributed by atoms with Gasteiger partial charge in [0.1, 0.15) is 0 Å². The Morgan fingerprint density at radius 3 is 2.45 bits per heavy atom. The molecule has 0 aromatic heterocycles. The molecule has 0 unspecified atom stereocenters. The summed E-state index contributed by atoms with van der Waals surface area (Å²) in [4.78, 5) is 11.6. The van der Waals surface area contributed by atoms with E-state index in [1.807, 2.05) is 12.1 Å². The minimum Gasteiger partial charge on any atom is -0.295 e. The number of fused-ring (bicyclic) bond motifs is 5. The number of Topliss-reactive ketones (excluding diaryl/α,β-unsaturated/α-hetero) is 1. The first-order valence-electron chi connectivity index (χ1n) is 7.79. The first kappa shape index (κ1) is 13.8. The van der Waals surface area contributed by atoms with Crippen molar-refractivity contribution in [3.63, 3.8) is 0 Å². The molecule has 22 heavy (non-hydrogen) atoms. The molecule has 4 rings (SSSR count). The normalized spacial score (nSPS) is 15.5. The van der Waals surface area contributed by atoms with Crippen LogP contribution in [0.1, 0.15) is 35.6 Å². The highest BCUT2D eigenvalue weighted by Crippen LogP contribution is 2.41. The predicted octanol–water partition coefficient (Wildman–Crippen LogP) is 5.02. The summed E-state index contributed by atoms with van der Waals surface area (Å²) in [7, 11) is 0. The van der Waals surface area contributed by atoms with Gasteiger partial charge in [0.25, 0.3) is 0 Å². The highest BCUT2D eigenvalue weighted by Gasteiger charge is 2.23. The molecule has 2 aliphatic carbocycles. The molecule has 2 aromatic carbocycles. The van der Waals surface area contributed by atoms with Gasteiger partial charge in [0.2, 0.25) is 0 Å². The molecule has 110 valence electrons. The lowest BCUT2D eigenvalue weighted by molar-refractivity contribution is -0.113. The van der Waals surface area contributed by atoms with E-state index < -0.39 is 0 Å². The highest BCUT2D eigenvalue weighted by molar-refractivity contribution is 6.31. The quantitative estimate of drug-likeness (QED) is 0.722. The number of halogens is 1. The molecule has 0 spiro atoms. The molecule has 2 aromatic rings. The van der Waals surface area contributed by atoms with Gasteiger partial charge in [0.05, 0.1) is 0 Å². The van der Waals surface area contributed by atoms with E-state index in [0.717, 1.165) is 36.3 Å². The van der Waals surface area contributed by atoms with E-state index >= 15 is 0 Å². The van der Waals surface area contributed by atoms with Crippen LogP contribution in [0.5, 0.6) is 0 Å². The molecular formula is C20H17ClO. The Morgan fingerprint density at radius 1 is 0.909 bits per heavy atom. The van der Waals surface area contributed by atoms with Crippen LogP contribution >= 0.6 is 11.6 Å². The molecule has 0 radical (unpaired) electrons.